The highest BCUT2D eigenvalue weighted by Gasteiger charge is 2.40. The molecule has 86 valence electrons. The molecular formula is C15H14OS. The average molecular weight is 242 g/mol. The summed E-state index contributed by atoms with van der Waals surface area (Å²) in [6, 6.07) is 8.20. The number of rotatable bonds is 1. The number of hydrogen-bond acceptors (Lipinski definition) is 1. The number of carbonyl (C=O) groups is 1. The average Bonchev–Trinajstić information content (AvgIpc) is 2.88. The van der Waals surface area contributed by atoms with Gasteiger partial charge in [0.15, 0.2) is 5.78 Å². The van der Waals surface area contributed by atoms with Gasteiger partial charge in [0, 0.05) is 0 Å². The minimum atomic E-state index is -0.533. The molecule has 0 amide bonds. The summed E-state index contributed by atoms with van der Waals surface area (Å²) in [5.41, 5.74) is 2.33. The van der Waals surface area contributed by atoms with Crippen molar-refractivity contribution < 1.29 is 4.79 Å². The predicted molar refractivity (Wildman–Crippen MR) is 75.1 cm³/mol. The first-order valence-corrected chi connectivity index (χ1v) is 7.16. The first-order chi connectivity index (χ1) is 8.23. The summed E-state index contributed by atoms with van der Waals surface area (Å²) < 4.78 is -0.385. The predicted octanol–water partition coefficient (Wildman–Crippen LogP) is 3.54. The van der Waals surface area contributed by atoms with Gasteiger partial charge in [0.2, 0.25) is 0 Å². The Bertz CT molecular complexity index is 556. The highest BCUT2D eigenvalue weighted by molar-refractivity contribution is 8.23. The molecule has 3 rings (SSSR count). The summed E-state index contributed by atoms with van der Waals surface area (Å²) in [7, 11) is -0.533. The van der Waals surface area contributed by atoms with Crippen molar-refractivity contribution in [3.8, 4) is 0 Å². The molecule has 0 aromatic heterocycles. The number of carbonyl (C=O) groups excluding carboxylic acids is 1. The molecule has 0 saturated carbocycles. The molecule has 0 N–H and O–H groups in total. The minimum absolute atomic E-state index is 0.221. The van der Waals surface area contributed by atoms with Crippen molar-refractivity contribution in [3.05, 3.63) is 64.4 Å². The van der Waals surface area contributed by atoms with Crippen LogP contribution in [-0.2, 0) is 9.54 Å². The van der Waals surface area contributed by atoms with E-state index in [1.54, 1.807) is 6.08 Å². The van der Waals surface area contributed by atoms with E-state index in [2.05, 4.69) is 29.9 Å². The Balaban J connectivity index is 2.21. The molecule has 1 aliphatic heterocycles. The lowest BCUT2D eigenvalue weighted by atomic mass is 9.87. The van der Waals surface area contributed by atoms with Crippen molar-refractivity contribution in [2.45, 2.75) is 11.7 Å². The molecule has 1 nitrogen and oxygen atoms in total. The first-order valence-electron chi connectivity index (χ1n) is 5.68. The second kappa shape index (κ2) is 3.74. The summed E-state index contributed by atoms with van der Waals surface area (Å²) in [6.07, 6.45) is 7.75. The lowest BCUT2D eigenvalue weighted by Crippen LogP contribution is -2.32. The van der Waals surface area contributed by atoms with Crippen molar-refractivity contribution in [2.24, 2.45) is 0 Å². The lowest BCUT2D eigenvalue weighted by Gasteiger charge is -2.37. The van der Waals surface area contributed by atoms with Crippen LogP contribution >= 0.6 is 10.9 Å². The Labute approximate surface area is 104 Å². The van der Waals surface area contributed by atoms with Crippen LogP contribution in [0.25, 0.3) is 6.08 Å². The van der Waals surface area contributed by atoms with E-state index in [0.29, 0.717) is 0 Å². The molecular weight excluding hydrogens is 228 g/mol. The van der Waals surface area contributed by atoms with E-state index in [0.717, 1.165) is 5.56 Å². The quantitative estimate of drug-likeness (QED) is 0.745. The molecule has 0 radical (unpaired) electrons. The van der Waals surface area contributed by atoms with Crippen molar-refractivity contribution in [2.75, 3.05) is 0 Å². The van der Waals surface area contributed by atoms with Gasteiger partial charge in [-0.25, -0.2) is 0 Å². The topological polar surface area (TPSA) is 17.1 Å². The molecule has 0 saturated heterocycles. The molecule has 1 aromatic carbocycles. The number of ketones is 1. The van der Waals surface area contributed by atoms with Gasteiger partial charge in [-0.1, -0.05) is 42.5 Å². The van der Waals surface area contributed by atoms with Crippen LogP contribution in [-0.4, -0.2) is 5.78 Å². The van der Waals surface area contributed by atoms with Gasteiger partial charge < -0.3 is 0 Å². The number of allylic oxidation sites excluding steroid dienone is 3. The largest absolute Gasteiger partial charge is 0.293 e. The smallest absolute Gasteiger partial charge is 0.174 e. The van der Waals surface area contributed by atoms with E-state index in [4.69, 9.17) is 0 Å². The Kier molecular flexibility index (Phi) is 2.33. The first kappa shape index (κ1) is 10.6. The fourth-order valence-corrected chi connectivity index (χ4v) is 4.52. The number of benzene rings is 1. The zero-order valence-electron chi connectivity index (χ0n) is 9.63. The van der Waals surface area contributed by atoms with E-state index in [1.807, 2.05) is 30.4 Å². The van der Waals surface area contributed by atoms with Crippen molar-refractivity contribution in [3.63, 3.8) is 0 Å². The second-order valence-corrected chi connectivity index (χ2v) is 6.75. The van der Waals surface area contributed by atoms with Gasteiger partial charge in [0.25, 0.3) is 0 Å². The molecule has 0 fully saturated rings. The standard InChI is InChI=1S/C15H14OS/c1-15(17-10-4-5-11-17)13-7-3-2-6-12(13)8-9-14(15)16/h2-11,17H,1H3/t15-/m0/s1. The van der Waals surface area contributed by atoms with Crippen molar-refractivity contribution in [1.29, 1.82) is 0 Å². The van der Waals surface area contributed by atoms with Gasteiger partial charge in [0.1, 0.15) is 0 Å². The molecule has 1 aliphatic carbocycles. The monoisotopic (exact) mass is 242 g/mol. The Morgan fingerprint density at radius 3 is 2.53 bits per heavy atom. The van der Waals surface area contributed by atoms with Crippen molar-refractivity contribution in [1.82, 2.24) is 0 Å². The summed E-state index contributed by atoms with van der Waals surface area (Å²) >= 11 is 0. The Hall–Kier alpha value is -1.54. The Morgan fingerprint density at radius 2 is 1.76 bits per heavy atom. The molecule has 17 heavy (non-hydrogen) atoms. The van der Waals surface area contributed by atoms with Crippen LogP contribution in [0.1, 0.15) is 18.1 Å². The van der Waals surface area contributed by atoms with Gasteiger partial charge in [-0.2, -0.15) is 10.9 Å². The molecule has 0 unspecified atom stereocenters. The zero-order valence-corrected chi connectivity index (χ0v) is 10.5. The summed E-state index contributed by atoms with van der Waals surface area (Å²) in [5, 5.41) is 4.34. The van der Waals surface area contributed by atoms with Crippen molar-refractivity contribution >= 4 is 22.8 Å². The van der Waals surface area contributed by atoms with E-state index in [9.17, 15) is 4.79 Å². The fourth-order valence-electron chi connectivity index (χ4n) is 2.45. The molecule has 1 aromatic rings. The maximum atomic E-state index is 12.3. The zero-order chi connectivity index (χ0) is 11.9. The Morgan fingerprint density at radius 1 is 1.06 bits per heavy atom. The maximum Gasteiger partial charge on any atom is 0.174 e. The third-order valence-electron chi connectivity index (χ3n) is 3.50. The van der Waals surface area contributed by atoms with Gasteiger partial charge in [0.05, 0.1) is 4.75 Å². The third kappa shape index (κ3) is 1.44. The van der Waals surface area contributed by atoms with Crippen LogP contribution < -0.4 is 0 Å². The van der Waals surface area contributed by atoms with Crippen LogP contribution in [0.15, 0.2) is 53.3 Å². The number of fused-ring (bicyclic) bond motifs is 1. The number of hydrogen-bond donors (Lipinski definition) is 1. The van der Waals surface area contributed by atoms with E-state index in [-0.39, 0.29) is 10.5 Å². The third-order valence-corrected chi connectivity index (χ3v) is 5.98. The molecule has 1 atom stereocenters. The van der Waals surface area contributed by atoms with E-state index < -0.39 is 10.9 Å². The number of thiol groups is 1. The van der Waals surface area contributed by atoms with Gasteiger partial charge in [-0.3, -0.25) is 4.79 Å². The highest BCUT2D eigenvalue weighted by Crippen LogP contribution is 2.55. The molecule has 2 heteroatoms. The SMILES string of the molecule is C[C@@]1([SH]2C=CC=C2)C(=O)C=Cc2ccccc21. The molecule has 0 spiro atoms. The van der Waals surface area contributed by atoms with Crippen LogP contribution in [0.5, 0.6) is 0 Å². The van der Waals surface area contributed by atoms with Crippen LogP contribution in [0, 0.1) is 0 Å². The van der Waals surface area contributed by atoms with E-state index in [1.165, 1.54) is 5.56 Å². The maximum absolute atomic E-state index is 12.3. The van der Waals surface area contributed by atoms with E-state index >= 15 is 0 Å². The summed E-state index contributed by atoms with van der Waals surface area (Å²) in [6.45, 7) is 2.07. The molecule has 0 bridgehead atoms. The van der Waals surface area contributed by atoms with Crippen LogP contribution in [0.3, 0.4) is 0 Å². The highest BCUT2D eigenvalue weighted by atomic mass is 32.2. The normalized spacial score (nSPS) is 27.6. The van der Waals surface area contributed by atoms with Crippen LogP contribution in [0.2, 0.25) is 0 Å². The lowest BCUT2D eigenvalue weighted by molar-refractivity contribution is -0.116. The minimum Gasteiger partial charge on any atom is -0.293 e. The molecule has 1 heterocycles. The van der Waals surface area contributed by atoms with Gasteiger partial charge in [-0.15, -0.1) is 0 Å². The summed E-state index contributed by atoms with van der Waals surface area (Å²) in [5.74, 6) is 0.221. The van der Waals surface area contributed by atoms with Crippen LogP contribution in [0.4, 0.5) is 0 Å². The fraction of sp³-hybridized carbons (Fsp3) is 0.133. The summed E-state index contributed by atoms with van der Waals surface area (Å²) in [4.78, 5) is 12.3. The second-order valence-electron chi connectivity index (χ2n) is 4.45. The van der Waals surface area contributed by atoms with Gasteiger partial charge >= 0.3 is 0 Å². The molecule has 2 aliphatic rings. The van der Waals surface area contributed by atoms with Gasteiger partial charge in [-0.05, 0) is 34.9 Å².